The fourth-order valence-corrected chi connectivity index (χ4v) is 3.59. The third kappa shape index (κ3) is 4.35. The molecule has 26 heavy (non-hydrogen) atoms. The van der Waals surface area contributed by atoms with E-state index < -0.39 is 0 Å². The molecule has 1 N–H and O–H groups in total. The van der Waals surface area contributed by atoms with Gasteiger partial charge >= 0.3 is 0 Å². The fraction of sp³-hybridized carbons (Fsp3) is 0.286. The van der Waals surface area contributed by atoms with Crippen molar-refractivity contribution >= 4 is 17.2 Å². The molecule has 0 bridgehead atoms. The molecule has 3 rings (SSSR count). The average Bonchev–Trinajstić information content (AvgIpc) is 3.14. The van der Waals surface area contributed by atoms with Crippen LogP contribution in [0.1, 0.15) is 41.2 Å². The van der Waals surface area contributed by atoms with Crippen molar-refractivity contribution in [1.82, 2.24) is 15.3 Å². The van der Waals surface area contributed by atoms with E-state index in [0.29, 0.717) is 5.56 Å². The van der Waals surface area contributed by atoms with Gasteiger partial charge in [-0.3, -0.25) is 4.79 Å². The van der Waals surface area contributed by atoms with Gasteiger partial charge in [0.25, 0.3) is 5.91 Å². The number of hydrogen-bond donors (Lipinski definition) is 1. The maximum Gasteiger partial charge on any atom is 0.251 e. The van der Waals surface area contributed by atoms with Crippen LogP contribution in [0.25, 0.3) is 11.3 Å². The van der Waals surface area contributed by atoms with Gasteiger partial charge in [-0.1, -0.05) is 19.1 Å². The minimum absolute atomic E-state index is 0.0473. The summed E-state index contributed by atoms with van der Waals surface area (Å²) in [6, 6.07) is 9.82. The fourth-order valence-electron chi connectivity index (χ4n) is 2.90. The van der Waals surface area contributed by atoms with E-state index in [1.165, 1.54) is 5.56 Å². The number of thiophene rings is 1. The number of aryl methyl sites for hydroxylation is 2. The lowest BCUT2D eigenvalue weighted by Gasteiger charge is -2.14. The van der Waals surface area contributed by atoms with Gasteiger partial charge in [0.2, 0.25) is 0 Å². The lowest BCUT2D eigenvalue weighted by atomic mass is 10.0. The van der Waals surface area contributed by atoms with E-state index in [1.54, 1.807) is 11.3 Å². The second-order valence-corrected chi connectivity index (χ2v) is 7.21. The van der Waals surface area contributed by atoms with Gasteiger partial charge in [0, 0.05) is 23.4 Å². The van der Waals surface area contributed by atoms with E-state index in [2.05, 4.69) is 39.0 Å². The van der Waals surface area contributed by atoms with E-state index >= 15 is 0 Å². The molecule has 0 saturated heterocycles. The standard InChI is InChI=1S/C21H23N3OS/c1-4-17-12-22-15(3)24-20(17)18-5-7-19(8-6-18)21(25)23-14(2)11-16-9-10-26-13-16/h5-10,12-14H,4,11H2,1-3H3,(H,23,25). The normalized spacial score (nSPS) is 12.0. The molecule has 0 spiro atoms. The van der Waals surface area contributed by atoms with Crippen LogP contribution in [0.2, 0.25) is 0 Å². The Morgan fingerprint density at radius 1 is 1.23 bits per heavy atom. The van der Waals surface area contributed by atoms with Crippen molar-refractivity contribution in [2.24, 2.45) is 0 Å². The highest BCUT2D eigenvalue weighted by atomic mass is 32.1. The van der Waals surface area contributed by atoms with Crippen molar-refractivity contribution in [1.29, 1.82) is 0 Å². The quantitative estimate of drug-likeness (QED) is 0.703. The molecule has 1 unspecified atom stereocenters. The Bertz CT molecular complexity index is 873. The van der Waals surface area contributed by atoms with Gasteiger partial charge in [-0.2, -0.15) is 11.3 Å². The first-order chi connectivity index (χ1) is 12.6. The highest BCUT2D eigenvalue weighted by Gasteiger charge is 2.12. The first kappa shape index (κ1) is 18.3. The van der Waals surface area contributed by atoms with Crippen LogP contribution in [0, 0.1) is 6.92 Å². The molecule has 1 amide bonds. The predicted molar refractivity (Wildman–Crippen MR) is 107 cm³/mol. The van der Waals surface area contributed by atoms with Crippen molar-refractivity contribution in [2.45, 2.75) is 39.7 Å². The van der Waals surface area contributed by atoms with Crippen LogP contribution >= 0.6 is 11.3 Å². The molecule has 0 radical (unpaired) electrons. The molecule has 0 saturated carbocycles. The molecule has 4 nitrogen and oxygen atoms in total. The van der Waals surface area contributed by atoms with Crippen LogP contribution < -0.4 is 5.32 Å². The number of carbonyl (C=O) groups is 1. The van der Waals surface area contributed by atoms with E-state index in [4.69, 9.17) is 0 Å². The number of rotatable bonds is 6. The van der Waals surface area contributed by atoms with Crippen LogP contribution in [0.4, 0.5) is 0 Å². The Balaban J connectivity index is 1.71. The lowest BCUT2D eigenvalue weighted by molar-refractivity contribution is 0.0940. The monoisotopic (exact) mass is 365 g/mol. The van der Waals surface area contributed by atoms with Crippen molar-refractivity contribution in [3.63, 3.8) is 0 Å². The van der Waals surface area contributed by atoms with Gasteiger partial charge in [-0.25, -0.2) is 9.97 Å². The number of carbonyl (C=O) groups excluding carboxylic acids is 1. The molecule has 2 aromatic heterocycles. The number of nitrogens with zero attached hydrogens (tertiary/aromatic N) is 2. The van der Waals surface area contributed by atoms with Gasteiger partial charge in [0.1, 0.15) is 5.82 Å². The first-order valence-electron chi connectivity index (χ1n) is 8.81. The zero-order valence-corrected chi connectivity index (χ0v) is 16.1. The summed E-state index contributed by atoms with van der Waals surface area (Å²) >= 11 is 1.68. The largest absolute Gasteiger partial charge is 0.349 e. The van der Waals surface area contributed by atoms with E-state index in [1.807, 2.05) is 44.3 Å². The van der Waals surface area contributed by atoms with Gasteiger partial charge in [-0.15, -0.1) is 0 Å². The summed E-state index contributed by atoms with van der Waals surface area (Å²) in [6.07, 6.45) is 3.59. The number of nitrogens with one attached hydrogen (secondary N) is 1. The second kappa shape index (κ2) is 8.23. The summed E-state index contributed by atoms with van der Waals surface area (Å²) in [7, 11) is 0. The zero-order valence-electron chi connectivity index (χ0n) is 15.3. The summed E-state index contributed by atoms with van der Waals surface area (Å²) in [6.45, 7) is 6.01. The number of hydrogen-bond acceptors (Lipinski definition) is 4. The highest BCUT2D eigenvalue weighted by molar-refractivity contribution is 7.07. The van der Waals surface area contributed by atoms with Crippen LogP contribution in [0.5, 0.6) is 0 Å². The molecule has 2 heterocycles. The molecular weight excluding hydrogens is 342 g/mol. The van der Waals surface area contributed by atoms with E-state index in [9.17, 15) is 4.79 Å². The highest BCUT2D eigenvalue weighted by Crippen LogP contribution is 2.22. The zero-order chi connectivity index (χ0) is 18.5. The van der Waals surface area contributed by atoms with Crippen molar-refractivity contribution in [3.05, 3.63) is 69.8 Å². The molecule has 5 heteroatoms. The van der Waals surface area contributed by atoms with Crippen molar-refractivity contribution in [2.75, 3.05) is 0 Å². The molecule has 1 aromatic carbocycles. The van der Waals surface area contributed by atoms with Crippen LogP contribution in [-0.2, 0) is 12.8 Å². The van der Waals surface area contributed by atoms with Gasteiger partial charge in [0.15, 0.2) is 0 Å². The average molecular weight is 366 g/mol. The third-order valence-corrected chi connectivity index (χ3v) is 5.02. The smallest absolute Gasteiger partial charge is 0.251 e. The molecular formula is C21H23N3OS. The van der Waals surface area contributed by atoms with E-state index in [0.717, 1.165) is 35.5 Å². The van der Waals surface area contributed by atoms with Crippen LogP contribution in [-0.4, -0.2) is 21.9 Å². The van der Waals surface area contributed by atoms with Gasteiger partial charge in [-0.05, 0) is 66.8 Å². The van der Waals surface area contributed by atoms with Crippen molar-refractivity contribution in [3.8, 4) is 11.3 Å². The van der Waals surface area contributed by atoms with Gasteiger partial charge in [0.05, 0.1) is 5.69 Å². The van der Waals surface area contributed by atoms with Crippen molar-refractivity contribution < 1.29 is 4.79 Å². The Hall–Kier alpha value is -2.53. The number of amides is 1. The Morgan fingerprint density at radius 3 is 2.65 bits per heavy atom. The Labute approximate surface area is 158 Å². The first-order valence-corrected chi connectivity index (χ1v) is 9.76. The van der Waals surface area contributed by atoms with Gasteiger partial charge < -0.3 is 5.32 Å². The maximum atomic E-state index is 12.5. The molecule has 3 aromatic rings. The Morgan fingerprint density at radius 2 is 2.00 bits per heavy atom. The molecule has 0 aliphatic rings. The molecule has 0 aliphatic heterocycles. The minimum atomic E-state index is -0.0473. The lowest BCUT2D eigenvalue weighted by Crippen LogP contribution is -2.33. The summed E-state index contributed by atoms with van der Waals surface area (Å²) in [5.74, 6) is 0.704. The topological polar surface area (TPSA) is 54.9 Å². The Kier molecular flexibility index (Phi) is 5.78. The SMILES string of the molecule is CCc1cnc(C)nc1-c1ccc(C(=O)NC(C)Cc2ccsc2)cc1. The molecule has 0 aliphatic carbocycles. The van der Waals surface area contributed by atoms with Crippen LogP contribution in [0.15, 0.2) is 47.3 Å². The van der Waals surface area contributed by atoms with Crippen LogP contribution in [0.3, 0.4) is 0 Å². The number of benzene rings is 1. The summed E-state index contributed by atoms with van der Waals surface area (Å²) in [5.41, 5.74) is 4.98. The summed E-state index contributed by atoms with van der Waals surface area (Å²) < 4.78 is 0. The molecule has 134 valence electrons. The predicted octanol–water partition coefficient (Wildman–Crippen LogP) is 4.44. The summed E-state index contributed by atoms with van der Waals surface area (Å²) in [4.78, 5) is 21.3. The summed E-state index contributed by atoms with van der Waals surface area (Å²) in [5, 5.41) is 7.24. The number of aromatic nitrogens is 2. The molecule has 0 fully saturated rings. The second-order valence-electron chi connectivity index (χ2n) is 6.43. The molecule has 1 atom stereocenters. The minimum Gasteiger partial charge on any atom is -0.349 e. The third-order valence-electron chi connectivity index (χ3n) is 4.29. The maximum absolute atomic E-state index is 12.5. The van der Waals surface area contributed by atoms with E-state index in [-0.39, 0.29) is 11.9 Å².